The monoisotopic (exact) mass is 326 g/mol. The van der Waals surface area contributed by atoms with Crippen LogP contribution in [0.5, 0.6) is 0 Å². The second-order valence-corrected chi connectivity index (χ2v) is 5.06. The van der Waals surface area contributed by atoms with E-state index >= 15 is 0 Å². The number of aliphatic hydroxyl groups is 1. The Hall–Kier alpha value is -1.26. The fourth-order valence-electron chi connectivity index (χ4n) is 1.91. The van der Waals surface area contributed by atoms with E-state index in [4.69, 9.17) is 0 Å². The van der Waals surface area contributed by atoms with Crippen LogP contribution in [0, 0.1) is 11.6 Å². The lowest BCUT2D eigenvalue weighted by Gasteiger charge is -2.15. The Morgan fingerprint density at radius 1 is 1.21 bits per heavy atom. The van der Waals surface area contributed by atoms with E-state index in [9.17, 15) is 13.9 Å². The van der Waals surface area contributed by atoms with Gasteiger partial charge < -0.3 is 5.11 Å². The van der Waals surface area contributed by atoms with Crippen molar-refractivity contribution in [3.05, 3.63) is 69.2 Å². The summed E-state index contributed by atoms with van der Waals surface area (Å²) in [6, 6.07) is 9.81. The van der Waals surface area contributed by atoms with E-state index in [1.165, 1.54) is 6.07 Å². The van der Waals surface area contributed by atoms with Crippen LogP contribution < -0.4 is 0 Å². The summed E-state index contributed by atoms with van der Waals surface area (Å²) in [5.41, 5.74) is 2.05. The van der Waals surface area contributed by atoms with Crippen LogP contribution in [0.3, 0.4) is 0 Å². The van der Waals surface area contributed by atoms with Crippen molar-refractivity contribution >= 4 is 15.9 Å². The quantitative estimate of drug-likeness (QED) is 0.830. The van der Waals surface area contributed by atoms with E-state index in [2.05, 4.69) is 15.9 Å². The van der Waals surface area contributed by atoms with E-state index in [0.29, 0.717) is 11.1 Å². The van der Waals surface area contributed by atoms with Gasteiger partial charge in [0.15, 0.2) is 11.6 Å². The zero-order valence-electron chi connectivity index (χ0n) is 10.3. The molecule has 0 aliphatic heterocycles. The minimum Gasteiger partial charge on any atom is -0.384 e. The number of rotatable bonds is 3. The second kappa shape index (κ2) is 5.80. The molecule has 1 nitrogen and oxygen atoms in total. The average molecular weight is 327 g/mol. The standard InChI is InChI=1S/C15H13BrF2O/c1-2-9-4-3-5-10(8-9)15(19)11-6-7-12(17)14(18)13(11)16/h3-8,15,19H,2H2,1H3. The molecule has 0 fully saturated rings. The molecule has 2 aromatic rings. The zero-order valence-corrected chi connectivity index (χ0v) is 11.9. The van der Waals surface area contributed by atoms with Gasteiger partial charge in [0.1, 0.15) is 6.10 Å². The first kappa shape index (κ1) is 14.2. The molecule has 0 aromatic heterocycles. The van der Waals surface area contributed by atoms with Crippen LogP contribution in [-0.2, 0) is 6.42 Å². The van der Waals surface area contributed by atoms with Crippen LogP contribution in [0.25, 0.3) is 0 Å². The van der Waals surface area contributed by atoms with Gasteiger partial charge >= 0.3 is 0 Å². The normalized spacial score (nSPS) is 12.5. The number of aryl methyl sites for hydroxylation is 1. The van der Waals surface area contributed by atoms with Gasteiger partial charge in [-0.15, -0.1) is 0 Å². The highest BCUT2D eigenvalue weighted by Gasteiger charge is 2.18. The highest BCUT2D eigenvalue weighted by Crippen LogP contribution is 2.31. The van der Waals surface area contributed by atoms with Crippen molar-refractivity contribution in [2.24, 2.45) is 0 Å². The molecule has 1 N–H and O–H groups in total. The summed E-state index contributed by atoms with van der Waals surface area (Å²) < 4.78 is 26.5. The number of halogens is 3. The molecule has 0 amide bonds. The summed E-state index contributed by atoms with van der Waals surface area (Å²) in [7, 11) is 0. The molecule has 19 heavy (non-hydrogen) atoms. The number of aliphatic hydroxyl groups excluding tert-OH is 1. The van der Waals surface area contributed by atoms with E-state index in [1.54, 1.807) is 6.07 Å². The Kier molecular flexibility index (Phi) is 4.32. The van der Waals surface area contributed by atoms with Gasteiger partial charge in [0.25, 0.3) is 0 Å². The van der Waals surface area contributed by atoms with Crippen molar-refractivity contribution in [2.45, 2.75) is 19.4 Å². The predicted molar refractivity (Wildman–Crippen MR) is 73.9 cm³/mol. The molecule has 0 aliphatic carbocycles. The third-order valence-electron chi connectivity index (χ3n) is 3.03. The molecule has 4 heteroatoms. The largest absolute Gasteiger partial charge is 0.384 e. The van der Waals surface area contributed by atoms with Gasteiger partial charge in [-0.3, -0.25) is 0 Å². The summed E-state index contributed by atoms with van der Waals surface area (Å²) in [5, 5.41) is 10.3. The lowest BCUT2D eigenvalue weighted by molar-refractivity contribution is 0.218. The first-order chi connectivity index (χ1) is 9.04. The molecule has 1 unspecified atom stereocenters. The number of benzene rings is 2. The Bertz CT molecular complexity index is 599. The van der Waals surface area contributed by atoms with Gasteiger partial charge in [0.2, 0.25) is 0 Å². The zero-order chi connectivity index (χ0) is 14.0. The van der Waals surface area contributed by atoms with E-state index in [-0.39, 0.29) is 4.47 Å². The third-order valence-corrected chi connectivity index (χ3v) is 3.84. The van der Waals surface area contributed by atoms with Crippen LogP contribution in [-0.4, -0.2) is 5.11 Å². The Balaban J connectivity index is 2.44. The molecule has 2 rings (SSSR count). The van der Waals surface area contributed by atoms with Gasteiger partial charge in [-0.1, -0.05) is 37.3 Å². The fraction of sp³-hybridized carbons (Fsp3) is 0.200. The van der Waals surface area contributed by atoms with Crippen molar-refractivity contribution in [1.29, 1.82) is 0 Å². The van der Waals surface area contributed by atoms with Crippen molar-refractivity contribution < 1.29 is 13.9 Å². The summed E-state index contributed by atoms with van der Waals surface area (Å²) in [6.07, 6.45) is -0.143. The first-order valence-corrected chi connectivity index (χ1v) is 6.74. The van der Waals surface area contributed by atoms with Crippen LogP contribution in [0.1, 0.15) is 29.7 Å². The molecule has 1 atom stereocenters. The van der Waals surface area contributed by atoms with Crippen molar-refractivity contribution in [3.63, 3.8) is 0 Å². The maximum absolute atomic E-state index is 13.5. The lowest BCUT2D eigenvalue weighted by atomic mass is 9.99. The van der Waals surface area contributed by atoms with Crippen LogP contribution in [0.15, 0.2) is 40.9 Å². The number of hydrogen-bond donors (Lipinski definition) is 1. The van der Waals surface area contributed by atoms with Crippen molar-refractivity contribution in [1.82, 2.24) is 0 Å². The molecule has 0 bridgehead atoms. The van der Waals surface area contributed by atoms with Crippen LogP contribution in [0.2, 0.25) is 0 Å². The average Bonchev–Trinajstić information content (AvgIpc) is 2.44. The lowest BCUT2D eigenvalue weighted by Crippen LogP contribution is -2.03. The molecule has 0 heterocycles. The van der Waals surface area contributed by atoms with Crippen molar-refractivity contribution in [3.8, 4) is 0 Å². The van der Waals surface area contributed by atoms with E-state index < -0.39 is 17.7 Å². The van der Waals surface area contributed by atoms with E-state index in [0.717, 1.165) is 18.1 Å². The molecule has 0 saturated carbocycles. The molecule has 0 radical (unpaired) electrons. The highest BCUT2D eigenvalue weighted by molar-refractivity contribution is 9.10. The van der Waals surface area contributed by atoms with Gasteiger partial charge in [0.05, 0.1) is 4.47 Å². The predicted octanol–water partition coefficient (Wildman–Crippen LogP) is 4.37. The fourth-order valence-corrected chi connectivity index (χ4v) is 2.45. The smallest absolute Gasteiger partial charge is 0.173 e. The van der Waals surface area contributed by atoms with Gasteiger partial charge in [0, 0.05) is 5.56 Å². The minimum atomic E-state index is -0.990. The van der Waals surface area contributed by atoms with Crippen LogP contribution >= 0.6 is 15.9 Å². The summed E-state index contributed by atoms with van der Waals surface area (Å²) in [4.78, 5) is 0. The highest BCUT2D eigenvalue weighted by atomic mass is 79.9. The topological polar surface area (TPSA) is 20.2 Å². The number of hydrogen-bond acceptors (Lipinski definition) is 1. The Morgan fingerprint density at radius 2 is 1.95 bits per heavy atom. The maximum Gasteiger partial charge on any atom is 0.173 e. The van der Waals surface area contributed by atoms with Crippen LogP contribution in [0.4, 0.5) is 8.78 Å². The molecule has 0 spiro atoms. The minimum absolute atomic E-state index is 0.0399. The molecule has 100 valence electrons. The van der Waals surface area contributed by atoms with Gasteiger partial charge in [-0.25, -0.2) is 8.78 Å². The molecule has 2 aromatic carbocycles. The van der Waals surface area contributed by atoms with Crippen molar-refractivity contribution in [2.75, 3.05) is 0 Å². The maximum atomic E-state index is 13.5. The Labute approximate surface area is 119 Å². The molecule has 0 saturated heterocycles. The summed E-state index contributed by atoms with van der Waals surface area (Å²) >= 11 is 2.99. The molecule has 0 aliphatic rings. The van der Waals surface area contributed by atoms with Gasteiger partial charge in [-0.05, 0) is 39.5 Å². The SMILES string of the molecule is CCc1cccc(C(O)c2ccc(F)c(F)c2Br)c1. The van der Waals surface area contributed by atoms with E-state index in [1.807, 2.05) is 25.1 Å². The first-order valence-electron chi connectivity index (χ1n) is 5.95. The summed E-state index contributed by atoms with van der Waals surface area (Å²) in [5.74, 6) is -1.92. The molecular weight excluding hydrogens is 314 g/mol. The summed E-state index contributed by atoms with van der Waals surface area (Å²) in [6.45, 7) is 2.01. The Morgan fingerprint density at radius 3 is 2.63 bits per heavy atom. The third kappa shape index (κ3) is 2.85. The molecular formula is C15H13BrF2O. The van der Waals surface area contributed by atoms with Gasteiger partial charge in [-0.2, -0.15) is 0 Å². The second-order valence-electron chi connectivity index (χ2n) is 4.27.